The second-order valence-electron chi connectivity index (χ2n) is 6.89. The summed E-state index contributed by atoms with van der Waals surface area (Å²) in [5.74, 6) is 0.862. The van der Waals surface area contributed by atoms with Crippen molar-refractivity contribution >= 4 is 22.3 Å². The minimum absolute atomic E-state index is 0.667. The van der Waals surface area contributed by atoms with Gasteiger partial charge in [-0.05, 0) is 49.6 Å². The standard InChI is InChI=1S/C21H24N4S/c1-16-7-5-6-12-25(16)15-17-10-11-22-20(13-17)24-21-23-14-19(26-21)18-8-3-2-4-9-18/h2-4,8-11,13-14,16H,5-7,12,15H2,1H3,(H,22,23,24). The third-order valence-electron chi connectivity index (χ3n) is 4.95. The fraction of sp³-hybridized carbons (Fsp3) is 0.333. The Hall–Kier alpha value is -2.24. The summed E-state index contributed by atoms with van der Waals surface area (Å²) in [4.78, 5) is 12.7. The minimum atomic E-state index is 0.667. The lowest BCUT2D eigenvalue weighted by Crippen LogP contribution is -2.36. The number of hydrogen-bond acceptors (Lipinski definition) is 5. The van der Waals surface area contributed by atoms with E-state index in [1.807, 2.05) is 18.5 Å². The lowest BCUT2D eigenvalue weighted by Gasteiger charge is -2.33. The maximum atomic E-state index is 4.50. The SMILES string of the molecule is CC1CCCCN1Cc1ccnc(Nc2ncc(-c3ccccc3)s2)c1. The van der Waals surface area contributed by atoms with Gasteiger partial charge in [0.25, 0.3) is 0 Å². The second-order valence-corrected chi connectivity index (χ2v) is 7.92. The lowest BCUT2D eigenvalue weighted by molar-refractivity contribution is 0.152. The average molecular weight is 365 g/mol. The van der Waals surface area contributed by atoms with E-state index < -0.39 is 0 Å². The number of rotatable bonds is 5. The van der Waals surface area contributed by atoms with Gasteiger partial charge < -0.3 is 5.32 Å². The van der Waals surface area contributed by atoms with Crippen LogP contribution >= 0.6 is 11.3 Å². The van der Waals surface area contributed by atoms with E-state index in [4.69, 9.17) is 0 Å². The number of nitrogens with one attached hydrogen (secondary N) is 1. The molecule has 4 nitrogen and oxygen atoms in total. The molecule has 1 saturated heterocycles. The van der Waals surface area contributed by atoms with Gasteiger partial charge in [-0.3, -0.25) is 4.90 Å². The van der Waals surface area contributed by atoms with Gasteiger partial charge in [0.1, 0.15) is 5.82 Å². The molecule has 4 rings (SSSR count). The Kier molecular flexibility index (Phi) is 5.27. The molecule has 3 aromatic rings. The predicted octanol–water partition coefficient (Wildman–Crippen LogP) is 5.32. The van der Waals surface area contributed by atoms with Crippen LogP contribution < -0.4 is 5.32 Å². The Morgan fingerprint density at radius 3 is 2.88 bits per heavy atom. The highest BCUT2D eigenvalue weighted by molar-refractivity contribution is 7.18. The van der Waals surface area contributed by atoms with Crippen LogP contribution in [0.1, 0.15) is 31.7 Å². The van der Waals surface area contributed by atoms with Crippen LogP contribution in [0.15, 0.2) is 54.9 Å². The molecule has 0 bridgehead atoms. The van der Waals surface area contributed by atoms with Crippen LogP contribution in [-0.2, 0) is 6.54 Å². The van der Waals surface area contributed by atoms with Crippen LogP contribution in [0.25, 0.3) is 10.4 Å². The van der Waals surface area contributed by atoms with E-state index >= 15 is 0 Å². The minimum Gasteiger partial charge on any atom is -0.316 e. The molecular formula is C21H24N4S. The van der Waals surface area contributed by atoms with Crippen molar-refractivity contribution in [3.8, 4) is 10.4 Å². The fourth-order valence-corrected chi connectivity index (χ4v) is 4.27. The normalized spacial score (nSPS) is 18.0. The van der Waals surface area contributed by atoms with Gasteiger partial charge in [-0.25, -0.2) is 9.97 Å². The molecule has 1 fully saturated rings. The first-order valence-corrected chi connectivity index (χ1v) is 10.1. The summed E-state index contributed by atoms with van der Waals surface area (Å²) in [6, 6.07) is 15.3. The van der Waals surface area contributed by atoms with E-state index in [0.29, 0.717) is 6.04 Å². The molecule has 1 atom stereocenters. The molecule has 1 N–H and O–H groups in total. The molecule has 5 heteroatoms. The second kappa shape index (κ2) is 7.98. The number of thiazole rings is 1. The average Bonchev–Trinajstić information content (AvgIpc) is 3.13. The van der Waals surface area contributed by atoms with Crippen molar-refractivity contribution in [1.29, 1.82) is 0 Å². The molecule has 1 aliphatic heterocycles. The first-order chi connectivity index (χ1) is 12.8. The zero-order chi connectivity index (χ0) is 17.8. The third-order valence-corrected chi connectivity index (χ3v) is 5.91. The van der Waals surface area contributed by atoms with Crippen molar-refractivity contribution in [3.05, 3.63) is 60.4 Å². The highest BCUT2D eigenvalue weighted by atomic mass is 32.1. The van der Waals surface area contributed by atoms with Crippen LogP contribution in [0, 0.1) is 0 Å². The Balaban J connectivity index is 1.45. The van der Waals surface area contributed by atoms with Crippen LogP contribution in [-0.4, -0.2) is 27.5 Å². The van der Waals surface area contributed by atoms with Gasteiger partial charge in [0.2, 0.25) is 0 Å². The van der Waals surface area contributed by atoms with Gasteiger partial charge in [0.15, 0.2) is 5.13 Å². The first kappa shape index (κ1) is 17.2. The van der Waals surface area contributed by atoms with E-state index in [0.717, 1.165) is 22.4 Å². The Morgan fingerprint density at radius 1 is 1.15 bits per heavy atom. The highest BCUT2D eigenvalue weighted by Crippen LogP contribution is 2.30. The third kappa shape index (κ3) is 4.11. The number of benzene rings is 1. The summed E-state index contributed by atoms with van der Waals surface area (Å²) in [6.45, 7) is 4.52. The zero-order valence-electron chi connectivity index (χ0n) is 15.1. The van der Waals surface area contributed by atoms with E-state index in [1.165, 1.54) is 36.9 Å². The molecular weight excluding hydrogens is 340 g/mol. The highest BCUT2D eigenvalue weighted by Gasteiger charge is 2.18. The van der Waals surface area contributed by atoms with Crippen molar-refractivity contribution in [1.82, 2.24) is 14.9 Å². The van der Waals surface area contributed by atoms with E-state index in [2.05, 4.69) is 63.5 Å². The number of likely N-dealkylation sites (tertiary alicyclic amines) is 1. The molecule has 1 unspecified atom stereocenters. The molecule has 3 heterocycles. The first-order valence-electron chi connectivity index (χ1n) is 9.25. The van der Waals surface area contributed by atoms with Crippen molar-refractivity contribution in [2.45, 2.75) is 38.8 Å². The van der Waals surface area contributed by atoms with Gasteiger partial charge >= 0.3 is 0 Å². The molecule has 1 aliphatic rings. The summed E-state index contributed by atoms with van der Waals surface area (Å²) in [6.07, 6.45) is 7.77. The van der Waals surface area contributed by atoms with Gasteiger partial charge in [0.05, 0.1) is 4.88 Å². The number of hydrogen-bond donors (Lipinski definition) is 1. The van der Waals surface area contributed by atoms with Gasteiger partial charge in [0, 0.05) is 25.0 Å². The smallest absolute Gasteiger partial charge is 0.188 e. The summed E-state index contributed by atoms with van der Waals surface area (Å²) < 4.78 is 0. The van der Waals surface area contributed by atoms with E-state index in [1.54, 1.807) is 11.3 Å². The molecule has 26 heavy (non-hydrogen) atoms. The van der Waals surface area contributed by atoms with Gasteiger partial charge in [-0.1, -0.05) is 48.1 Å². The number of nitrogens with zero attached hydrogens (tertiary/aromatic N) is 3. The molecule has 0 saturated carbocycles. The Labute approximate surface area is 158 Å². The number of anilines is 2. The van der Waals surface area contributed by atoms with Crippen LogP contribution in [0.2, 0.25) is 0 Å². The van der Waals surface area contributed by atoms with E-state index in [-0.39, 0.29) is 0 Å². The Bertz CT molecular complexity index is 846. The summed E-state index contributed by atoms with van der Waals surface area (Å²) in [5, 5.41) is 4.24. The number of piperidine rings is 1. The molecule has 0 radical (unpaired) electrons. The quantitative estimate of drug-likeness (QED) is 0.665. The number of aromatic nitrogens is 2. The van der Waals surface area contributed by atoms with Crippen molar-refractivity contribution in [2.24, 2.45) is 0 Å². The monoisotopic (exact) mass is 364 g/mol. The maximum Gasteiger partial charge on any atom is 0.188 e. The molecule has 2 aromatic heterocycles. The summed E-state index contributed by atoms with van der Waals surface area (Å²) in [5.41, 5.74) is 2.50. The van der Waals surface area contributed by atoms with Gasteiger partial charge in [-0.15, -0.1) is 0 Å². The van der Waals surface area contributed by atoms with Crippen molar-refractivity contribution < 1.29 is 0 Å². The molecule has 0 spiro atoms. The maximum absolute atomic E-state index is 4.50. The van der Waals surface area contributed by atoms with Crippen molar-refractivity contribution in [3.63, 3.8) is 0 Å². The van der Waals surface area contributed by atoms with Crippen molar-refractivity contribution in [2.75, 3.05) is 11.9 Å². The molecule has 134 valence electrons. The molecule has 1 aromatic carbocycles. The van der Waals surface area contributed by atoms with Crippen LogP contribution in [0.3, 0.4) is 0 Å². The van der Waals surface area contributed by atoms with Crippen LogP contribution in [0.5, 0.6) is 0 Å². The summed E-state index contributed by atoms with van der Waals surface area (Å²) in [7, 11) is 0. The largest absolute Gasteiger partial charge is 0.316 e. The predicted molar refractivity (Wildman–Crippen MR) is 109 cm³/mol. The fourth-order valence-electron chi connectivity index (χ4n) is 3.45. The zero-order valence-corrected chi connectivity index (χ0v) is 15.9. The molecule has 0 aliphatic carbocycles. The Morgan fingerprint density at radius 2 is 2.04 bits per heavy atom. The lowest BCUT2D eigenvalue weighted by atomic mass is 10.0. The number of pyridine rings is 1. The van der Waals surface area contributed by atoms with Gasteiger partial charge in [-0.2, -0.15) is 0 Å². The van der Waals surface area contributed by atoms with E-state index in [9.17, 15) is 0 Å². The summed E-state index contributed by atoms with van der Waals surface area (Å²) >= 11 is 1.65. The molecule has 0 amide bonds. The van der Waals surface area contributed by atoms with Crippen LogP contribution in [0.4, 0.5) is 10.9 Å². The topological polar surface area (TPSA) is 41.1 Å².